The fourth-order valence-corrected chi connectivity index (χ4v) is 2.33. The van der Waals surface area contributed by atoms with E-state index in [-0.39, 0.29) is 5.75 Å². The van der Waals surface area contributed by atoms with Crippen molar-refractivity contribution < 1.29 is 9.63 Å². The Hall–Kier alpha value is -1.73. The van der Waals surface area contributed by atoms with Gasteiger partial charge in [0, 0.05) is 10.7 Å². The van der Waals surface area contributed by atoms with Crippen LogP contribution in [0.15, 0.2) is 38.8 Å². The molecular formula is C11H6BrN3O2S. The molecule has 0 aliphatic rings. The number of rotatable bonds is 2. The van der Waals surface area contributed by atoms with E-state index in [1.807, 2.05) is 6.07 Å². The van der Waals surface area contributed by atoms with Crippen molar-refractivity contribution >= 4 is 27.3 Å². The van der Waals surface area contributed by atoms with Gasteiger partial charge in [-0.25, -0.2) is 0 Å². The van der Waals surface area contributed by atoms with Crippen molar-refractivity contribution in [1.82, 2.24) is 15.1 Å². The standard InChI is InChI=1S/C11H6BrN3O2S/c12-6-1-2-7(13-5-6)10-14-11(17-15-10)9-8(16)3-4-18-9/h1-5,16H. The molecule has 0 aliphatic heterocycles. The van der Waals surface area contributed by atoms with Gasteiger partial charge in [-0.2, -0.15) is 4.98 Å². The Kier molecular flexibility index (Phi) is 2.85. The first-order chi connectivity index (χ1) is 8.74. The lowest BCUT2D eigenvalue weighted by atomic mass is 10.3. The molecule has 3 aromatic heterocycles. The minimum atomic E-state index is 0.138. The minimum Gasteiger partial charge on any atom is -0.506 e. The highest BCUT2D eigenvalue weighted by Crippen LogP contribution is 2.34. The van der Waals surface area contributed by atoms with Crippen molar-refractivity contribution in [1.29, 1.82) is 0 Å². The number of nitrogens with zero attached hydrogens (tertiary/aromatic N) is 3. The molecule has 0 bridgehead atoms. The van der Waals surface area contributed by atoms with Crippen LogP contribution in [0.4, 0.5) is 0 Å². The van der Waals surface area contributed by atoms with Crippen molar-refractivity contribution in [3.05, 3.63) is 34.2 Å². The second-order valence-electron chi connectivity index (χ2n) is 3.42. The molecule has 7 heteroatoms. The SMILES string of the molecule is Oc1ccsc1-c1nc(-c2ccc(Br)cn2)no1. The Balaban J connectivity index is 1.99. The first-order valence-electron chi connectivity index (χ1n) is 4.96. The Labute approximate surface area is 114 Å². The number of halogens is 1. The van der Waals surface area contributed by atoms with E-state index in [9.17, 15) is 5.11 Å². The summed E-state index contributed by atoms with van der Waals surface area (Å²) >= 11 is 4.65. The zero-order chi connectivity index (χ0) is 12.5. The summed E-state index contributed by atoms with van der Waals surface area (Å²) in [5, 5.41) is 15.2. The number of aromatic nitrogens is 3. The number of hydrogen-bond acceptors (Lipinski definition) is 6. The van der Waals surface area contributed by atoms with Gasteiger partial charge in [-0.15, -0.1) is 11.3 Å². The van der Waals surface area contributed by atoms with Gasteiger partial charge in [0.1, 0.15) is 16.3 Å². The largest absolute Gasteiger partial charge is 0.506 e. The summed E-state index contributed by atoms with van der Waals surface area (Å²) in [6.07, 6.45) is 1.66. The Bertz CT molecular complexity index is 678. The third kappa shape index (κ3) is 2.02. The van der Waals surface area contributed by atoms with E-state index in [1.165, 1.54) is 11.3 Å². The van der Waals surface area contributed by atoms with Crippen LogP contribution in [0.5, 0.6) is 5.75 Å². The van der Waals surface area contributed by atoms with Crippen LogP contribution in [-0.2, 0) is 0 Å². The molecule has 0 saturated carbocycles. The summed E-state index contributed by atoms with van der Waals surface area (Å²) in [6, 6.07) is 5.22. The monoisotopic (exact) mass is 323 g/mol. The maximum Gasteiger partial charge on any atom is 0.272 e. The van der Waals surface area contributed by atoms with E-state index in [0.29, 0.717) is 22.3 Å². The highest BCUT2D eigenvalue weighted by atomic mass is 79.9. The van der Waals surface area contributed by atoms with Crippen molar-refractivity contribution in [2.45, 2.75) is 0 Å². The predicted molar refractivity (Wildman–Crippen MR) is 70.2 cm³/mol. The average molecular weight is 324 g/mol. The van der Waals surface area contributed by atoms with Crippen molar-refractivity contribution in [3.63, 3.8) is 0 Å². The third-order valence-corrected chi connectivity index (χ3v) is 3.58. The maximum atomic E-state index is 9.58. The van der Waals surface area contributed by atoms with Gasteiger partial charge < -0.3 is 9.63 Å². The van der Waals surface area contributed by atoms with E-state index in [2.05, 4.69) is 31.1 Å². The van der Waals surface area contributed by atoms with Gasteiger partial charge in [-0.3, -0.25) is 4.98 Å². The summed E-state index contributed by atoms with van der Waals surface area (Å²) < 4.78 is 5.99. The first-order valence-corrected chi connectivity index (χ1v) is 6.64. The van der Waals surface area contributed by atoms with Crippen LogP contribution in [-0.4, -0.2) is 20.2 Å². The molecule has 0 saturated heterocycles. The molecule has 3 rings (SSSR count). The maximum absolute atomic E-state index is 9.58. The average Bonchev–Trinajstić information content (AvgIpc) is 2.98. The first kappa shape index (κ1) is 11.4. The molecule has 0 fully saturated rings. The van der Waals surface area contributed by atoms with E-state index in [0.717, 1.165) is 4.47 Å². The lowest BCUT2D eigenvalue weighted by Gasteiger charge is -1.92. The molecule has 1 N–H and O–H groups in total. The van der Waals surface area contributed by atoms with Gasteiger partial charge in [-0.05, 0) is 39.5 Å². The van der Waals surface area contributed by atoms with E-state index in [1.54, 1.807) is 23.7 Å². The molecule has 0 radical (unpaired) electrons. The van der Waals surface area contributed by atoms with Crippen molar-refractivity contribution in [2.75, 3.05) is 0 Å². The summed E-state index contributed by atoms with van der Waals surface area (Å²) in [6.45, 7) is 0. The van der Waals surface area contributed by atoms with Crippen molar-refractivity contribution in [2.24, 2.45) is 0 Å². The van der Waals surface area contributed by atoms with E-state index >= 15 is 0 Å². The Morgan fingerprint density at radius 2 is 2.17 bits per heavy atom. The normalized spacial score (nSPS) is 10.7. The molecule has 5 nitrogen and oxygen atoms in total. The highest BCUT2D eigenvalue weighted by molar-refractivity contribution is 9.10. The zero-order valence-electron chi connectivity index (χ0n) is 8.87. The molecule has 0 amide bonds. The minimum absolute atomic E-state index is 0.138. The predicted octanol–water partition coefficient (Wildman–Crippen LogP) is 3.33. The summed E-state index contributed by atoms with van der Waals surface area (Å²) in [7, 11) is 0. The number of pyridine rings is 1. The quantitative estimate of drug-likeness (QED) is 0.783. The van der Waals surface area contributed by atoms with Crippen molar-refractivity contribution in [3.8, 4) is 28.0 Å². The van der Waals surface area contributed by atoms with Crippen LogP contribution in [0.3, 0.4) is 0 Å². The van der Waals surface area contributed by atoms with Gasteiger partial charge in [0.05, 0.1) is 0 Å². The van der Waals surface area contributed by atoms with Gasteiger partial charge >= 0.3 is 0 Å². The summed E-state index contributed by atoms with van der Waals surface area (Å²) in [4.78, 5) is 8.94. The number of aromatic hydroxyl groups is 1. The van der Waals surface area contributed by atoms with Gasteiger partial charge in [0.25, 0.3) is 5.89 Å². The van der Waals surface area contributed by atoms with Gasteiger partial charge in [0.2, 0.25) is 5.82 Å². The van der Waals surface area contributed by atoms with Crippen LogP contribution in [0.1, 0.15) is 0 Å². The second-order valence-corrected chi connectivity index (χ2v) is 5.25. The molecule has 0 unspecified atom stereocenters. The second kappa shape index (κ2) is 4.51. The summed E-state index contributed by atoms with van der Waals surface area (Å²) in [5.41, 5.74) is 0.615. The lowest BCUT2D eigenvalue weighted by molar-refractivity contribution is 0.427. The Morgan fingerprint density at radius 1 is 1.28 bits per heavy atom. The third-order valence-electron chi connectivity index (χ3n) is 2.22. The van der Waals surface area contributed by atoms with E-state index in [4.69, 9.17) is 4.52 Å². The fourth-order valence-electron chi connectivity index (χ4n) is 1.39. The van der Waals surface area contributed by atoms with Crippen LogP contribution < -0.4 is 0 Å². The molecule has 18 heavy (non-hydrogen) atoms. The molecule has 0 atom stereocenters. The molecule has 0 spiro atoms. The van der Waals surface area contributed by atoms with Crippen LogP contribution in [0, 0.1) is 0 Å². The topological polar surface area (TPSA) is 72.0 Å². The number of thiophene rings is 1. The molecule has 90 valence electrons. The molecule has 0 aromatic carbocycles. The molecular weight excluding hydrogens is 318 g/mol. The molecule has 3 aromatic rings. The smallest absolute Gasteiger partial charge is 0.272 e. The Morgan fingerprint density at radius 3 is 2.83 bits per heavy atom. The lowest BCUT2D eigenvalue weighted by Crippen LogP contribution is -1.84. The van der Waals surface area contributed by atoms with Crippen LogP contribution in [0.2, 0.25) is 0 Å². The van der Waals surface area contributed by atoms with Gasteiger partial charge in [-0.1, -0.05) is 5.16 Å². The highest BCUT2D eigenvalue weighted by Gasteiger charge is 2.15. The number of hydrogen-bond donors (Lipinski definition) is 1. The van der Waals surface area contributed by atoms with Gasteiger partial charge in [0.15, 0.2) is 0 Å². The summed E-state index contributed by atoms with van der Waals surface area (Å²) in [5.74, 6) is 0.825. The van der Waals surface area contributed by atoms with Crippen LogP contribution in [0.25, 0.3) is 22.3 Å². The molecule has 3 heterocycles. The molecule has 0 aliphatic carbocycles. The van der Waals surface area contributed by atoms with Crippen LogP contribution >= 0.6 is 27.3 Å². The van der Waals surface area contributed by atoms with E-state index < -0.39 is 0 Å². The zero-order valence-corrected chi connectivity index (χ0v) is 11.3. The fraction of sp³-hybridized carbons (Fsp3) is 0.